The first-order chi connectivity index (χ1) is 9.59. The number of carbonyl (C=O) groups is 3. The molecule has 1 aliphatic heterocycles. The zero-order valence-corrected chi connectivity index (χ0v) is 11.8. The van der Waals surface area contributed by atoms with Crippen LogP contribution in [0.25, 0.3) is 0 Å². The van der Waals surface area contributed by atoms with Crippen LogP contribution in [0.4, 0.5) is 0 Å². The van der Waals surface area contributed by atoms with Gasteiger partial charge in [-0.25, -0.2) is 0 Å². The van der Waals surface area contributed by atoms with E-state index in [-0.39, 0.29) is 30.7 Å². The summed E-state index contributed by atoms with van der Waals surface area (Å²) in [6.45, 7) is 0.345. The molecule has 0 aromatic heterocycles. The third-order valence-electron chi connectivity index (χ3n) is 4.13. The zero-order chi connectivity index (χ0) is 14.5. The van der Waals surface area contributed by atoms with Gasteiger partial charge in [0, 0.05) is 19.0 Å². The minimum atomic E-state index is -0.481. The Balaban J connectivity index is 1.92. The molecule has 112 valence electrons. The molecule has 1 aliphatic carbocycles. The highest BCUT2D eigenvalue weighted by Gasteiger charge is 2.41. The Hall–Kier alpha value is -1.43. The Morgan fingerprint density at radius 2 is 1.85 bits per heavy atom. The van der Waals surface area contributed by atoms with E-state index in [2.05, 4.69) is 5.32 Å². The van der Waals surface area contributed by atoms with Gasteiger partial charge in [-0.3, -0.25) is 19.3 Å². The van der Waals surface area contributed by atoms with Crippen molar-refractivity contribution in [2.75, 3.05) is 6.54 Å². The number of primary amides is 1. The van der Waals surface area contributed by atoms with E-state index in [9.17, 15) is 14.4 Å². The number of likely N-dealkylation sites (tertiary alicyclic amines) is 1. The van der Waals surface area contributed by atoms with Crippen molar-refractivity contribution in [2.45, 2.75) is 63.5 Å². The van der Waals surface area contributed by atoms with Gasteiger partial charge in [-0.15, -0.1) is 0 Å². The second-order valence-electron chi connectivity index (χ2n) is 5.67. The highest BCUT2D eigenvalue weighted by molar-refractivity contribution is 6.05. The molecule has 1 heterocycles. The topological polar surface area (TPSA) is 92.5 Å². The van der Waals surface area contributed by atoms with E-state index in [1.54, 1.807) is 0 Å². The molecule has 6 heteroatoms. The molecule has 3 N–H and O–H groups in total. The first-order valence-electron chi connectivity index (χ1n) is 7.47. The summed E-state index contributed by atoms with van der Waals surface area (Å²) < 4.78 is 0. The van der Waals surface area contributed by atoms with Gasteiger partial charge in [0.1, 0.15) is 0 Å². The highest BCUT2D eigenvalue weighted by Crippen LogP contribution is 2.26. The van der Waals surface area contributed by atoms with Gasteiger partial charge in [-0.2, -0.15) is 0 Å². The van der Waals surface area contributed by atoms with E-state index in [1.165, 1.54) is 17.7 Å². The quantitative estimate of drug-likeness (QED) is 0.560. The lowest BCUT2D eigenvalue weighted by molar-refractivity contribution is -0.142. The number of nitrogens with one attached hydrogen (secondary N) is 1. The zero-order valence-electron chi connectivity index (χ0n) is 11.8. The van der Waals surface area contributed by atoms with E-state index in [1.807, 2.05) is 0 Å². The third-order valence-corrected chi connectivity index (χ3v) is 4.13. The lowest BCUT2D eigenvalue weighted by atomic mass is 10.1. The van der Waals surface area contributed by atoms with Crippen LogP contribution in [0.15, 0.2) is 0 Å². The van der Waals surface area contributed by atoms with E-state index in [4.69, 9.17) is 5.73 Å². The second kappa shape index (κ2) is 6.83. The van der Waals surface area contributed by atoms with E-state index in [0.29, 0.717) is 6.54 Å². The normalized spacial score (nSPS) is 25.0. The van der Waals surface area contributed by atoms with Crippen molar-refractivity contribution >= 4 is 17.7 Å². The first-order valence-corrected chi connectivity index (χ1v) is 7.47. The smallest absolute Gasteiger partial charge is 0.247 e. The lowest BCUT2D eigenvalue weighted by Crippen LogP contribution is -2.44. The van der Waals surface area contributed by atoms with Crippen molar-refractivity contribution in [3.8, 4) is 0 Å². The fraction of sp³-hybridized carbons (Fsp3) is 0.786. The SMILES string of the molecule is NC(=O)CCNC1CC(=O)N(C2CCCCCC2)C1=O. The average Bonchev–Trinajstić information content (AvgIpc) is 2.60. The molecular weight excluding hydrogens is 258 g/mol. The number of nitrogens with two attached hydrogens (primary N) is 1. The van der Waals surface area contributed by atoms with E-state index < -0.39 is 11.9 Å². The molecule has 20 heavy (non-hydrogen) atoms. The number of rotatable bonds is 5. The van der Waals surface area contributed by atoms with Gasteiger partial charge in [0.05, 0.1) is 12.5 Å². The molecule has 0 bridgehead atoms. The molecule has 2 fully saturated rings. The van der Waals surface area contributed by atoms with Crippen LogP contribution in [0, 0.1) is 0 Å². The van der Waals surface area contributed by atoms with Crippen LogP contribution in [-0.4, -0.2) is 41.2 Å². The Bertz CT molecular complexity index is 389. The maximum atomic E-state index is 12.3. The van der Waals surface area contributed by atoms with Gasteiger partial charge >= 0.3 is 0 Å². The molecule has 0 aromatic carbocycles. The maximum absolute atomic E-state index is 12.3. The molecule has 1 unspecified atom stereocenters. The van der Waals surface area contributed by atoms with Crippen LogP contribution >= 0.6 is 0 Å². The van der Waals surface area contributed by atoms with E-state index in [0.717, 1.165) is 25.7 Å². The minimum absolute atomic E-state index is 0.0699. The third kappa shape index (κ3) is 3.56. The van der Waals surface area contributed by atoms with Gasteiger partial charge in [-0.05, 0) is 12.8 Å². The monoisotopic (exact) mass is 281 g/mol. The molecule has 0 aromatic rings. The van der Waals surface area contributed by atoms with Gasteiger partial charge < -0.3 is 11.1 Å². The van der Waals surface area contributed by atoms with Crippen LogP contribution in [-0.2, 0) is 14.4 Å². The van der Waals surface area contributed by atoms with E-state index >= 15 is 0 Å². The van der Waals surface area contributed by atoms with Crippen molar-refractivity contribution in [1.82, 2.24) is 10.2 Å². The number of amides is 3. The number of nitrogens with zero attached hydrogens (tertiary/aromatic N) is 1. The summed E-state index contributed by atoms with van der Waals surface area (Å²) >= 11 is 0. The van der Waals surface area contributed by atoms with Gasteiger partial charge in [0.15, 0.2) is 0 Å². The lowest BCUT2D eigenvalue weighted by Gasteiger charge is -2.25. The summed E-state index contributed by atoms with van der Waals surface area (Å²) in [5, 5.41) is 2.96. The van der Waals surface area contributed by atoms with Gasteiger partial charge in [-0.1, -0.05) is 25.7 Å². The number of hydrogen-bond donors (Lipinski definition) is 2. The summed E-state index contributed by atoms with van der Waals surface area (Å²) in [7, 11) is 0. The number of carbonyl (C=O) groups excluding carboxylic acids is 3. The molecule has 1 saturated heterocycles. The molecule has 1 atom stereocenters. The molecular formula is C14H23N3O3. The molecule has 1 saturated carbocycles. The number of imide groups is 1. The molecule has 2 aliphatic rings. The van der Waals surface area contributed by atoms with Crippen LogP contribution in [0.2, 0.25) is 0 Å². The van der Waals surface area contributed by atoms with Crippen LogP contribution < -0.4 is 11.1 Å². The van der Waals surface area contributed by atoms with Crippen molar-refractivity contribution < 1.29 is 14.4 Å². The van der Waals surface area contributed by atoms with Gasteiger partial charge in [0.2, 0.25) is 17.7 Å². The van der Waals surface area contributed by atoms with Crippen molar-refractivity contribution in [1.29, 1.82) is 0 Å². The van der Waals surface area contributed by atoms with Crippen molar-refractivity contribution in [3.05, 3.63) is 0 Å². The second-order valence-corrected chi connectivity index (χ2v) is 5.67. The fourth-order valence-electron chi connectivity index (χ4n) is 3.08. The molecule has 0 spiro atoms. The Labute approximate surface area is 119 Å². The Morgan fingerprint density at radius 1 is 1.20 bits per heavy atom. The minimum Gasteiger partial charge on any atom is -0.370 e. The number of hydrogen-bond acceptors (Lipinski definition) is 4. The predicted octanol–water partition coefficient (Wildman–Crippen LogP) is 0.302. The van der Waals surface area contributed by atoms with Crippen LogP contribution in [0.3, 0.4) is 0 Å². The first kappa shape index (κ1) is 15.0. The fourth-order valence-corrected chi connectivity index (χ4v) is 3.08. The Kier molecular flexibility index (Phi) is 5.11. The van der Waals surface area contributed by atoms with Gasteiger partial charge in [0.25, 0.3) is 0 Å². The Morgan fingerprint density at radius 3 is 2.45 bits per heavy atom. The molecule has 2 rings (SSSR count). The van der Waals surface area contributed by atoms with Crippen LogP contribution in [0.1, 0.15) is 51.4 Å². The average molecular weight is 281 g/mol. The largest absolute Gasteiger partial charge is 0.370 e. The summed E-state index contributed by atoms with van der Waals surface area (Å²) in [6, 6.07) is -0.412. The maximum Gasteiger partial charge on any atom is 0.247 e. The summed E-state index contributed by atoms with van der Waals surface area (Å²) in [4.78, 5) is 36.6. The molecule has 3 amide bonds. The van der Waals surface area contributed by atoms with Crippen LogP contribution in [0.5, 0.6) is 0 Å². The molecule has 6 nitrogen and oxygen atoms in total. The standard InChI is InChI=1S/C14H23N3O3/c15-12(18)7-8-16-11-9-13(19)17(14(11)20)10-5-3-1-2-4-6-10/h10-11,16H,1-9H2,(H2,15,18). The summed E-state index contributed by atoms with van der Waals surface area (Å²) in [5.41, 5.74) is 5.06. The highest BCUT2D eigenvalue weighted by atomic mass is 16.2. The van der Waals surface area contributed by atoms with Crippen molar-refractivity contribution in [3.63, 3.8) is 0 Å². The van der Waals surface area contributed by atoms with Crippen molar-refractivity contribution in [2.24, 2.45) is 5.73 Å². The summed E-state index contributed by atoms with van der Waals surface area (Å²) in [6.07, 6.45) is 6.77. The molecule has 0 radical (unpaired) electrons. The predicted molar refractivity (Wildman–Crippen MR) is 73.6 cm³/mol. The summed E-state index contributed by atoms with van der Waals surface area (Å²) in [5.74, 6) is -0.625.